The molecule has 0 saturated heterocycles. The molecular weight excluding hydrogens is 316 g/mol. The highest BCUT2D eigenvalue weighted by Crippen LogP contribution is 2.24. The van der Waals surface area contributed by atoms with Gasteiger partial charge in [0, 0.05) is 11.0 Å². The van der Waals surface area contributed by atoms with Crippen LogP contribution < -0.4 is 11.1 Å². The van der Waals surface area contributed by atoms with Crippen molar-refractivity contribution in [2.75, 3.05) is 6.54 Å². The largest absolute Gasteiger partial charge is 0.354 e. The van der Waals surface area contributed by atoms with Gasteiger partial charge in [0.05, 0.1) is 0 Å². The summed E-state index contributed by atoms with van der Waals surface area (Å²) in [5, 5.41) is 3.03. The Labute approximate surface area is 129 Å². The molecule has 1 amide bonds. The standard InChI is InChI=1S/C16H23BrN2O/c1-16(18,13-7-9-14(17)10-8-13)15(20)19-11-12-5-3-2-4-6-12/h7-10,12H,2-6,11,18H2,1H3,(H,19,20). The molecule has 1 aliphatic carbocycles. The third kappa shape index (κ3) is 3.83. The fourth-order valence-electron chi connectivity index (χ4n) is 2.74. The summed E-state index contributed by atoms with van der Waals surface area (Å²) in [6.07, 6.45) is 6.35. The van der Waals surface area contributed by atoms with Crippen LogP contribution in [0.2, 0.25) is 0 Å². The van der Waals surface area contributed by atoms with Gasteiger partial charge in [-0.15, -0.1) is 0 Å². The highest BCUT2D eigenvalue weighted by molar-refractivity contribution is 9.10. The molecule has 110 valence electrons. The summed E-state index contributed by atoms with van der Waals surface area (Å²) >= 11 is 3.39. The number of nitrogens with two attached hydrogens (primary N) is 1. The van der Waals surface area contributed by atoms with Gasteiger partial charge < -0.3 is 11.1 Å². The molecule has 0 spiro atoms. The monoisotopic (exact) mass is 338 g/mol. The van der Waals surface area contributed by atoms with Crippen molar-refractivity contribution in [1.29, 1.82) is 0 Å². The zero-order valence-corrected chi connectivity index (χ0v) is 13.6. The van der Waals surface area contributed by atoms with Crippen LogP contribution in [0, 0.1) is 5.92 Å². The van der Waals surface area contributed by atoms with Crippen molar-refractivity contribution >= 4 is 21.8 Å². The first-order valence-electron chi connectivity index (χ1n) is 7.33. The predicted octanol–water partition coefficient (Wildman–Crippen LogP) is 3.32. The maximum atomic E-state index is 12.3. The molecule has 0 radical (unpaired) electrons. The van der Waals surface area contributed by atoms with Gasteiger partial charge in [0.2, 0.25) is 5.91 Å². The number of carbonyl (C=O) groups is 1. The topological polar surface area (TPSA) is 55.1 Å². The zero-order chi connectivity index (χ0) is 14.6. The third-order valence-corrected chi connectivity index (χ3v) is 4.72. The average Bonchev–Trinajstić information content (AvgIpc) is 2.46. The number of carbonyl (C=O) groups excluding carboxylic acids is 1. The first-order chi connectivity index (χ1) is 9.50. The van der Waals surface area contributed by atoms with Crippen LogP contribution in [0.1, 0.15) is 44.6 Å². The Morgan fingerprint density at radius 1 is 1.30 bits per heavy atom. The SMILES string of the molecule is CC(N)(C(=O)NCC1CCCCC1)c1ccc(Br)cc1. The lowest BCUT2D eigenvalue weighted by Crippen LogP contribution is -2.50. The molecule has 0 aliphatic heterocycles. The van der Waals surface area contributed by atoms with Gasteiger partial charge in [-0.2, -0.15) is 0 Å². The van der Waals surface area contributed by atoms with Gasteiger partial charge in [-0.05, 0) is 43.4 Å². The van der Waals surface area contributed by atoms with E-state index in [4.69, 9.17) is 5.73 Å². The first kappa shape index (κ1) is 15.5. The van der Waals surface area contributed by atoms with Crippen molar-refractivity contribution in [1.82, 2.24) is 5.32 Å². The van der Waals surface area contributed by atoms with Crippen LogP contribution in [0.15, 0.2) is 28.7 Å². The Balaban J connectivity index is 1.94. The summed E-state index contributed by atoms with van der Waals surface area (Å²) in [5.41, 5.74) is 6.08. The van der Waals surface area contributed by atoms with E-state index < -0.39 is 5.54 Å². The van der Waals surface area contributed by atoms with E-state index in [9.17, 15) is 4.79 Å². The third-order valence-electron chi connectivity index (χ3n) is 4.19. The van der Waals surface area contributed by atoms with Crippen molar-refractivity contribution in [2.45, 2.75) is 44.6 Å². The Bertz CT molecular complexity index is 450. The molecule has 0 heterocycles. The Kier molecular flexibility index (Phi) is 5.22. The Morgan fingerprint density at radius 3 is 2.50 bits per heavy atom. The lowest BCUT2D eigenvalue weighted by atomic mass is 9.88. The molecule has 1 atom stereocenters. The molecule has 0 bridgehead atoms. The number of benzene rings is 1. The molecule has 1 fully saturated rings. The fraction of sp³-hybridized carbons (Fsp3) is 0.562. The maximum Gasteiger partial charge on any atom is 0.244 e. The average molecular weight is 339 g/mol. The molecule has 1 unspecified atom stereocenters. The van der Waals surface area contributed by atoms with Crippen molar-refractivity contribution < 1.29 is 4.79 Å². The second kappa shape index (κ2) is 6.72. The fourth-order valence-corrected chi connectivity index (χ4v) is 3.00. The minimum atomic E-state index is -0.977. The van der Waals surface area contributed by atoms with E-state index in [0.29, 0.717) is 5.92 Å². The number of rotatable bonds is 4. The summed E-state index contributed by atoms with van der Waals surface area (Å²) in [6.45, 7) is 2.52. The van der Waals surface area contributed by atoms with Crippen molar-refractivity contribution in [3.8, 4) is 0 Å². The normalized spacial score (nSPS) is 19.4. The van der Waals surface area contributed by atoms with E-state index in [1.807, 2.05) is 24.3 Å². The first-order valence-corrected chi connectivity index (χ1v) is 8.12. The van der Waals surface area contributed by atoms with Crippen LogP contribution in [0.3, 0.4) is 0 Å². The second-order valence-electron chi connectivity index (χ2n) is 5.92. The molecule has 3 N–H and O–H groups in total. The van der Waals surface area contributed by atoms with Crippen molar-refractivity contribution in [3.63, 3.8) is 0 Å². The van der Waals surface area contributed by atoms with E-state index >= 15 is 0 Å². The van der Waals surface area contributed by atoms with Crippen molar-refractivity contribution in [2.24, 2.45) is 11.7 Å². The van der Waals surface area contributed by atoms with Crippen LogP contribution in [-0.4, -0.2) is 12.5 Å². The van der Waals surface area contributed by atoms with E-state index in [1.54, 1.807) is 6.92 Å². The van der Waals surface area contributed by atoms with Gasteiger partial charge in [-0.3, -0.25) is 4.79 Å². The lowest BCUT2D eigenvalue weighted by Gasteiger charge is -2.27. The molecule has 1 aliphatic rings. The highest BCUT2D eigenvalue weighted by Gasteiger charge is 2.30. The summed E-state index contributed by atoms with van der Waals surface area (Å²) in [5.74, 6) is 0.527. The molecule has 3 nitrogen and oxygen atoms in total. The summed E-state index contributed by atoms with van der Waals surface area (Å²) in [4.78, 5) is 12.3. The molecular formula is C16H23BrN2O. The number of nitrogens with one attached hydrogen (secondary N) is 1. The number of amides is 1. The van der Waals surface area contributed by atoms with Crippen LogP contribution >= 0.6 is 15.9 Å². The maximum absolute atomic E-state index is 12.3. The predicted molar refractivity (Wildman–Crippen MR) is 85.3 cm³/mol. The van der Waals surface area contributed by atoms with Gasteiger partial charge in [-0.1, -0.05) is 47.3 Å². The molecule has 1 aromatic rings. The van der Waals surface area contributed by atoms with E-state index in [0.717, 1.165) is 16.6 Å². The van der Waals surface area contributed by atoms with Gasteiger partial charge in [-0.25, -0.2) is 0 Å². The molecule has 2 rings (SSSR count). The van der Waals surface area contributed by atoms with Crippen LogP contribution in [-0.2, 0) is 10.3 Å². The number of hydrogen-bond donors (Lipinski definition) is 2. The quantitative estimate of drug-likeness (QED) is 0.884. The second-order valence-corrected chi connectivity index (χ2v) is 6.84. The van der Waals surface area contributed by atoms with Crippen LogP contribution in [0.25, 0.3) is 0 Å². The van der Waals surface area contributed by atoms with Gasteiger partial charge >= 0.3 is 0 Å². The molecule has 1 aromatic carbocycles. The van der Waals surface area contributed by atoms with Gasteiger partial charge in [0.1, 0.15) is 5.54 Å². The number of hydrogen-bond acceptors (Lipinski definition) is 2. The summed E-state index contributed by atoms with van der Waals surface area (Å²) < 4.78 is 0.986. The lowest BCUT2D eigenvalue weighted by molar-refractivity contribution is -0.126. The van der Waals surface area contributed by atoms with E-state index in [1.165, 1.54) is 32.1 Å². The molecule has 1 saturated carbocycles. The molecule has 4 heteroatoms. The highest BCUT2D eigenvalue weighted by atomic mass is 79.9. The Morgan fingerprint density at radius 2 is 1.90 bits per heavy atom. The minimum Gasteiger partial charge on any atom is -0.354 e. The Hall–Kier alpha value is -0.870. The smallest absolute Gasteiger partial charge is 0.244 e. The van der Waals surface area contributed by atoms with E-state index in [-0.39, 0.29) is 5.91 Å². The van der Waals surface area contributed by atoms with Crippen LogP contribution in [0.5, 0.6) is 0 Å². The van der Waals surface area contributed by atoms with Crippen molar-refractivity contribution in [3.05, 3.63) is 34.3 Å². The summed E-state index contributed by atoms with van der Waals surface area (Å²) in [7, 11) is 0. The number of halogens is 1. The van der Waals surface area contributed by atoms with Crippen LogP contribution in [0.4, 0.5) is 0 Å². The molecule has 20 heavy (non-hydrogen) atoms. The van der Waals surface area contributed by atoms with Gasteiger partial charge in [0.25, 0.3) is 0 Å². The molecule has 0 aromatic heterocycles. The zero-order valence-electron chi connectivity index (χ0n) is 12.0. The van der Waals surface area contributed by atoms with Gasteiger partial charge in [0.15, 0.2) is 0 Å². The summed E-state index contributed by atoms with van der Waals surface area (Å²) in [6, 6.07) is 7.61. The minimum absolute atomic E-state index is 0.0922. The van der Waals surface area contributed by atoms with E-state index in [2.05, 4.69) is 21.2 Å².